The van der Waals surface area contributed by atoms with Gasteiger partial charge in [0, 0.05) is 5.69 Å². The molecule has 0 fully saturated rings. The van der Waals surface area contributed by atoms with Gasteiger partial charge in [-0.3, -0.25) is 9.20 Å². The van der Waals surface area contributed by atoms with Gasteiger partial charge in [-0.25, -0.2) is 4.98 Å². The predicted octanol–water partition coefficient (Wildman–Crippen LogP) is 0.940. The molecule has 0 bridgehead atoms. The smallest absolute Gasteiger partial charge is 0.311 e. The van der Waals surface area contributed by atoms with E-state index in [1.807, 2.05) is 29.5 Å². The highest BCUT2D eigenvalue weighted by Gasteiger charge is 2.13. The van der Waals surface area contributed by atoms with Crippen molar-refractivity contribution in [3.63, 3.8) is 0 Å². The highest BCUT2D eigenvalue weighted by molar-refractivity contribution is 5.74. The summed E-state index contributed by atoms with van der Waals surface area (Å²) in [6.45, 7) is 1.94. The topological polar surface area (TPSA) is 69.6 Å². The molecule has 0 radical (unpaired) electrons. The Morgan fingerprint density at radius 1 is 1.56 bits per heavy atom. The number of aromatic nitrogens is 2. The van der Waals surface area contributed by atoms with Crippen molar-refractivity contribution in [3.8, 4) is 0 Å². The van der Waals surface area contributed by atoms with Crippen molar-refractivity contribution in [2.45, 2.75) is 13.3 Å². The Kier molecular flexibility index (Phi) is 2.52. The fourth-order valence-electron chi connectivity index (χ4n) is 1.67. The first-order valence-corrected chi connectivity index (χ1v) is 4.92. The van der Waals surface area contributed by atoms with Crippen LogP contribution in [0.15, 0.2) is 18.2 Å². The third-order valence-corrected chi connectivity index (χ3v) is 2.49. The average molecular weight is 219 g/mol. The Hall–Kier alpha value is -2.04. The van der Waals surface area contributed by atoms with E-state index < -0.39 is 0 Å². The Balaban J connectivity index is 2.52. The Morgan fingerprint density at radius 2 is 2.31 bits per heavy atom. The van der Waals surface area contributed by atoms with Crippen LogP contribution in [0.2, 0.25) is 0 Å². The molecule has 0 aliphatic heterocycles. The van der Waals surface area contributed by atoms with Crippen molar-refractivity contribution in [1.82, 2.24) is 9.38 Å². The molecule has 16 heavy (non-hydrogen) atoms. The number of nitrogens with zero attached hydrogens (tertiary/aromatic N) is 2. The molecule has 0 aliphatic carbocycles. The SMILES string of the molecule is COC(=O)Cc1nc2cccc(C)n2c1N. The number of methoxy groups -OCH3 is 1. The summed E-state index contributed by atoms with van der Waals surface area (Å²) >= 11 is 0. The summed E-state index contributed by atoms with van der Waals surface area (Å²) in [5, 5.41) is 0. The van der Waals surface area contributed by atoms with E-state index in [1.165, 1.54) is 7.11 Å². The molecule has 2 aromatic rings. The zero-order valence-corrected chi connectivity index (χ0v) is 9.23. The van der Waals surface area contributed by atoms with Gasteiger partial charge in [-0.1, -0.05) is 6.07 Å². The number of anilines is 1. The number of hydrogen-bond acceptors (Lipinski definition) is 4. The number of nitrogen functional groups attached to an aromatic ring is 1. The van der Waals surface area contributed by atoms with Gasteiger partial charge >= 0.3 is 5.97 Å². The minimum absolute atomic E-state index is 0.101. The van der Waals surface area contributed by atoms with Crippen LogP contribution in [0.5, 0.6) is 0 Å². The summed E-state index contributed by atoms with van der Waals surface area (Å²) < 4.78 is 6.41. The maximum Gasteiger partial charge on any atom is 0.311 e. The molecule has 0 atom stereocenters. The second-order valence-corrected chi connectivity index (χ2v) is 3.56. The molecule has 2 aromatic heterocycles. The van der Waals surface area contributed by atoms with E-state index in [0.717, 1.165) is 11.3 Å². The summed E-state index contributed by atoms with van der Waals surface area (Å²) in [4.78, 5) is 15.5. The lowest BCUT2D eigenvalue weighted by molar-refractivity contribution is -0.139. The van der Waals surface area contributed by atoms with Crippen LogP contribution < -0.4 is 5.73 Å². The molecule has 2 heterocycles. The average Bonchev–Trinajstić information content (AvgIpc) is 2.57. The number of carbonyl (C=O) groups excluding carboxylic acids is 1. The summed E-state index contributed by atoms with van der Waals surface area (Å²) in [7, 11) is 1.35. The van der Waals surface area contributed by atoms with E-state index in [2.05, 4.69) is 9.72 Å². The minimum atomic E-state index is -0.340. The summed E-state index contributed by atoms with van der Waals surface area (Å²) in [5.74, 6) is 0.159. The Bertz CT molecular complexity index is 545. The predicted molar refractivity (Wildman–Crippen MR) is 60.1 cm³/mol. The molecular formula is C11H13N3O2. The molecule has 84 valence electrons. The molecule has 0 spiro atoms. The number of carbonyl (C=O) groups is 1. The first-order chi connectivity index (χ1) is 7.63. The quantitative estimate of drug-likeness (QED) is 0.763. The monoisotopic (exact) mass is 219 g/mol. The zero-order valence-electron chi connectivity index (χ0n) is 9.23. The van der Waals surface area contributed by atoms with Gasteiger partial charge < -0.3 is 10.5 Å². The number of fused-ring (bicyclic) bond motifs is 1. The number of aryl methyl sites for hydroxylation is 1. The van der Waals surface area contributed by atoms with Gasteiger partial charge in [0.25, 0.3) is 0 Å². The molecule has 0 aliphatic rings. The summed E-state index contributed by atoms with van der Waals surface area (Å²) in [5.41, 5.74) is 8.22. The van der Waals surface area contributed by atoms with Crippen LogP contribution in [0.25, 0.3) is 5.65 Å². The van der Waals surface area contributed by atoms with Gasteiger partial charge in [-0.15, -0.1) is 0 Å². The number of hydrogen-bond donors (Lipinski definition) is 1. The fourth-order valence-corrected chi connectivity index (χ4v) is 1.67. The molecule has 0 saturated carbocycles. The van der Waals surface area contributed by atoms with Crippen molar-refractivity contribution >= 4 is 17.4 Å². The van der Waals surface area contributed by atoms with Crippen LogP contribution in [-0.2, 0) is 16.0 Å². The number of pyridine rings is 1. The van der Waals surface area contributed by atoms with E-state index in [4.69, 9.17) is 5.73 Å². The second-order valence-electron chi connectivity index (χ2n) is 3.56. The molecule has 0 saturated heterocycles. The molecule has 5 nitrogen and oxygen atoms in total. The number of nitrogens with two attached hydrogens (primary N) is 1. The number of esters is 1. The third kappa shape index (κ3) is 1.60. The van der Waals surface area contributed by atoms with E-state index in [1.54, 1.807) is 0 Å². The number of ether oxygens (including phenoxy) is 1. The molecule has 0 unspecified atom stereocenters. The maximum absolute atomic E-state index is 11.2. The minimum Gasteiger partial charge on any atom is -0.469 e. The largest absolute Gasteiger partial charge is 0.469 e. The van der Waals surface area contributed by atoms with Gasteiger partial charge in [-0.05, 0) is 19.1 Å². The van der Waals surface area contributed by atoms with E-state index >= 15 is 0 Å². The van der Waals surface area contributed by atoms with E-state index in [9.17, 15) is 4.79 Å². The van der Waals surface area contributed by atoms with Crippen LogP contribution in [0.1, 0.15) is 11.4 Å². The fraction of sp³-hybridized carbons (Fsp3) is 0.273. The van der Waals surface area contributed by atoms with Gasteiger partial charge in [0.15, 0.2) is 0 Å². The van der Waals surface area contributed by atoms with Crippen LogP contribution in [0.4, 0.5) is 5.82 Å². The van der Waals surface area contributed by atoms with Gasteiger partial charge in [0.1, 0.15) is 11.5 Å². The van der Waals surface area contributed by atoms with Crippen molar-refractivity contribution in [2.75, 3.05) is 12.8 Å². The lowest BCUT2D eigenvalue weighted by atomic mass is 10.3. The van der Waals surface area contributed by atoms with Gasteiger partial charge in [0.2, 0.25) is 0 Å². The lowest BCUT2D eigenvalue weighted by Gasteiger charge is -2.01. The molecule has 2 rings (SSSR count). The van der Waals surface area contributed by atoms with Crippen molar-refractivity contribution in [1.29, 1.82) is 0 Å². The van der Waals surface area contributed by atoms with E-state index in [0.29, 0.717) is 11.5 Å². The molecule has 0 aromatic carbocycles. The highest BCUT2D eigenvalue weighted by Crippen LogP contribution is 2.17. The molecule has 0 amide bonds. The maximum atomic E-state index is 11.2. The van der Waals surface area contributed by atoms with Crippen molar-refractivity contribution in [3.05, 3.63) is 29.6 Å². The molecule has 5 heteroatoms. The van der Waals surface area contributed by atoms with Gasteiger partial charge in [-0.2, -0.15) is 0 Å². The first kappa shape index (κ1) is 10.5. The third-order valence-electron chi connectivity index (χ3n) is 2.49. The Morgan fingerprint density at radius 3 is 2.94 bits per heavy atom. The lowest BCUT2D eigenvalue weighted by Crippen LogP contribution is -2.07. The van der Waals surface area contributed by atoms with Crippen LogP contribution in [0, 0.1) is 6.92 Å². The highest BCUT2D eigenvalue weighted by atomic mass is 16.5. The van der Waals surface area contributed by atoms with Crippen molar-refractivity contribution in [2.24, 2.45) is 0 Å². The van der Waals surface area contributed by atoms with E-state index in [-0.39, 0.29) is 12.4 Å². The number of imidazole rings is 1. The summed E-state index contributed by atoms with van der Waals surface area (Å²) in [6, 6.07) is 5.69. The van der Waals surface area contributed by atoms with Crippen LogP contribution in [-0.4, -0.2) is 22.5 Å². The number of rotatable bonds is 2. The van der Waals surface area contributed by atoms with Gasteiger partial charge in [0.05, 0.1) is 19.2 Å². The van der Waals surface area contributed by atoms with Crippen LogP contribution >= 0.6 is 0 Å². The second kappa shape index (κ2) is 3.84. The first-order valence-electron chi connectivity index (χ1n) is 4.92. The zero-order chi connectivity index (χ0) is 11.7. The summed E-state index contributed by atoms with van der Waals surface area (Å²) in [6.07, 6.45) is 0.101. The molecular weight excluding hydrogens is 206 g/mol. The molecule has 2 N–H and O–H groups in total. The Labute approximate surface area is 92.8 Å². The normalized spacial score (nSPS) is 10.6. The standard InChI is InChI=1S/C11H13N3O2/c1-7-4-3-5-9-13-8(6-10(15)16-2)11(12)14(7)9/h3-5H,6,12H2,1-2H3. The van der Waals surface area contributed by atoms with Crippen LogP contribution in [0.3, 0.4) is 0 Å². The van der Waals surface area contributed by atoms with Crippen molar-refractivity contribution < 1.29 is 9.53 Å².